The molecule has 1 aromatic carbocycles. The van der Waals surface area contributed by atoms with Gasteiger partial charge in [0.15, 0.2) is 0 Å². The van der Waals surface area contributed by atoms with E-state index in [9.17, 15) is 9.59 Å². The molecule has 0 saturated carbocycles. The maximum atomic E-state index is 12.6. The summed E-state index contributed by atoms with van der Waals surface area (Å²) in [5.74, 6) is 0.252. The number of rotatable bonds is 4. The van der Waals surface area contributed by atoms with E-state index >= 15 is 0 Å². The van der Waals surface area contributed by atoms with Crippen molar-refractivity contribution in [2.75, 3.05) is 12.0 Å². The Morgan fingerprint density at radius 1 is 1.29 bits per heavy atom. The van der Waals surface area contributed by atoms with Crippen molar-refractivity contribution in [3.8, 4) is 5.75 Å². The van der Waals surface area contributed by atoms with Crippen LogP contribution < -0.4 is 15.0 Å². The SMILES string of the molecule is CCC1NC(=O)C(CC)N(c2ccc(Cl)c(OC)c2)C1=O. The van der Waals surface area contributed by atoms with Crippen molar-refractivity contribution in [3.63, 3.8) is 0 Å². The number of hydrogen-bond acceptors (Lipinski definition) is 3. The van der Waals surface area contributed by atoms with Gasteiger partial charge >= 0.3 is 0 Å². The van der Waals surface area contributed by atoms with E-state index in [1.54, 1.807) is 23.1 Å². The van der Waals surface area contributed by atoms with Gasteiger partial charge in [0.2, 0.25) is 11.8 Å². The van der Waals surface area contributed by atoms with E-state index in [4.69, 9.17) is 16.3 Å². The Morgan fingerprint density at radius 2 is 2.00 bits per heavy atom. The van der Waals surface area contributed by atoms with E-state index in [2.05, 4.69) is 5.32 Å². The van der Waals surface area contributed by atoms with Crippen LogP contribution in [0.15, 0.2) is 18.2 Å². The number of hydrogen-bond donors (Lipinski definition) is 1. The van der Waals surface area contributed by atoms with Crippen LogP contribution >= 0.6 is 11.6 Å². The zero-order valence-corrected chi connectivity index (χ0v) is 13.1. The second-order valence-electron chi connectivity index (χ2n) is 4.92. The minimum Gasteiger partial charge on any atom is -0.495 e. The highest BCUT2D eigenvalue weighted by molar-refractivity contribution is 6.32. The fourth-order valence-electron chi connectivity index (χ4n) is 2.52. The molecule has 114 valence electrons. The first kappa shape index (κ1) is 15.6. The molecule has 2 amide bonds. The Morgan fingerprint density at radius 3 is 2.57 bits per heavy atom. The smallest absolute Gasteiger partial charge is 0.250 e. The van der Waals surface area contributed by atoms with Gasteiger partial charge in [-0.05, 0) is 25.0 Å². The number of halogens is 1. The topological polar surface area (TPSA) is 58.6 Å². The summed E-state index contributed by atoms with van der Waals surface area (Å²) in [5, 5.41) is 3.24. The van der Waals surface area contributed by atoms with Crippen LogP contribution in [0.1, 0.15) is 26.7 Å². The highest BCUT2D eigenvalue weighted by atomic mass is 35.5. The Bertz CT molecular complexity index is 562. The molecule has 1 heterocycles. The molecule has 0 aliphatic carbocycles. The van der Waals surface area contributed by atoms with Gasteiger partial charge in [0, 0.05) is 11.8 Å². The van der Waals surface area contributed by atoms with Gasteiger partial charge in [-0.15, -0.1) is 0 Å². The van der Waals surface area contributed by atoms with Crippen molar-refractivity contribution in [2.45, 2.75) is 38.8 Å². The zero-order valence-electron chi connectivity index (χ0n) is 12.4. The summed E-state index contributed by atoms with van der Waals surface area (Å²) in [4.78, 5) is 26.3. The number of benzene rings is 1. The molecule has 21 heavy (non-hydrogen) atoms. The van der Waals surface area contributed by atoms with Gasteiger partial charge in [0.1, 0.15) is 17.8 Å². The lowest BCUT2D eigenvalue weighted by Crippen LogP contribution is -2.63. The number of amides is 2. The van der Waals surface area contributed by atoms with Gasteiger partial charge in [-0.2, -0.15) is 0 Å². The summed E-state index contributed by atoms with van der Waals surface area (Å²) in [7, 11) is 1.52. The van der Waals surface area contributed by atoms with Crippen molar-refractivity contribution in [2.24, 2.45) is 0 Å². The predicted octanol–water partition coefficient (Wildman–Crippen LogP) is 2.37. The van der Waals surface area contributed by atoms with Crippen LogP contribution in [0.5, 0.6) is 5.75 Å². The van der Waals surface area contributed by atoms with Gasteiger partial charge in [-0.3, -0.25) is 14.5 Å². The largest absolute Gasteiger partial charge is 0.495 e. The summed E-state index contributed by atoms with van der Waals surface area (Å²) >= 11 is 6.02. The van der Waals surface area contributed by atoms with Crippen molar-refractivity contribution in [1.29, 1.82) is 0 Å². The van der Waals surface area contributed by atoms with Crippen molar-refractivity contribution < 1.29 is 14.3 Å². The lowest BCUT2D eigenvalue weighted by Gasteiger charge is -2.38. The molecule has 1 aromatic rings. The van der Waals surface area contributed by atoms with Crippen LogP contribution in [0.2, 0.25) is 5.02 Å². The van der Waals surface area contributed by atoms with Gasteiger partial charge in [-0.1, -0.05) is 25.4 Å². The molecule has 0 aromatic heterocycles. The quantitative estimate of drug-likeness (QED) is 0.929. The maximum Gasteiger partial charge on any atom is 0.250 e. The molecule has 0 bridgehead atoms. The highest BCUT2D eigenvalue weighted by Gasteiger charge is 2.39. The molecule has 1 saturated heterocycles. The molecule has 5 nitrogen and oxygen atoms in total. The average Bonchev–Trinajstić information content (AvgIpc) is 2.49. The summed E-state index contributed by atoms with van der Waals surface area (Å²) in [6, 6.07) is 4.10. The maximum absolute atomic E-state index is 12.6. The lowest BCUT2D eigenvalue weighted by atomic mass is 10.0. The van der Waals surface area contributed by atoms with Crippen LogP contribution in [0.25, 0.3) is 0 Å². The van der Waals surface area contributed by atoms with Crippen molar-refractivity contribution in [3.05, 3.63) is 23.2 Å². The van der Waals surface area contributed by atoms with Gasteiger partial charge in [0.25, 0.3) is 0 Å². The lowest BCUT2D eigenvalue weighted by molar-refractivity contribution is -0.134. The normalized spacial score (nSPS) is 22.2. The summed E-state index contributed by atoms with van der Waals surface area (Å²) in [5.41, 5.74) is 0.626. The standard InChI is InChI=1S/C15H19ClN2O3/c1-4-11-15(20)18(12(5-2)14(19)17-11)9-6-7-10(16)13(8-9)21-3/h6-8,11-12H,4-5H2,1-3H3,(H,17,19). The Balaban J connectivity index is 2.45. The number of piperazine rings is 1. The summed E-state index contributed by atoms with van der Waals surface area (Å²) in [6.45, 7) is 3.75. The molecule has 1 aliphatic rings. The van der Waals surface area contributed by atoms with E-state index in [1.807, 2.05) is 13.8 Å². The Labute approximate surface area is 129 Å². The molecule has 1 aliphatic heterocycles. The number of methoxy groups -OCH3 is 1. The third kappa shape index (κ3) is 2.83. The monoisotopic (exact) mass is 310 g/mol. The van der Waals surface area contributed by atoms with Crippen molar-refractivity contribution in [1.82, 2.24) is 5.32 Å². The number of anilines is 1. The molecule has 2 unspecified atom stereocenters. The number of carbonyl (C=O) groups is 2. The second kappa shape index (κ2) is 6.35. The molecular weight excluding hydrogens is 292 g/mol. The third-order valence-corrected chi connectivity index (χ3v) is 3.99. The van der Waals surface area contributed by atoms with Crippen LogP contribution in [-0.2, 0) is 9.59 Å². The van der Waals surface area contributed by atoms with Crippen LogP contribution in [-0.4, -0.2) is 31.0 Å². The van der Waals surface area contributed by atoms with Crippen LogP contribution in [0, 0.1) is 0 Å². The molecule has 0 spiro atoms. The van der Waals surface area contributed by atoms with Crippen LogP contribution in [0.4, 0.5) is 5.69 Å². The Hall–Kier alpha value is -1.75. The van der Waals surface area contributed by atoms with Gasteiger partial charge in [0.05, 0.1) is 12.1 Å². The molecule has 1 N–H and O–H groups in total. The Kier molecular flexibility index (Phi) is 4.73. The highest BCUT2D eigenvalue weighted by Crippen LogP contribution is 2.32. The molecule has 6 heteroatoms. The number of carbonyl (C=O) groups excluding carboxylic acids is 2. The number of nitrogens with one attached hydrogen (secondary N) is 1. The summed E-state index contributed by atoms with van der Waals surface area (Å²) in [6.07, 6.45) is 1.10. The van der Waals surface area contributed by atoms with E-state index in [0.29, 0.717) is 29.3 Å². The average molecular weight is 311 g/mol. The first-order chi connectivity index (χ1) is 10.0. The first-order valence-electron chi connectivity index (χ1n) is 7.00. The van der Waals surface area contributed by atoms with E-state index in [0.717, 1.165) is 0 Å². The number of ether oxygens (including phenoxy) is 1. The van der Waals surface area contributed by atoms with Gasteiger partial charge < -0.3 is 10.1 Å². The number of nitrogens with zero attached hydrogens (tertiary/aromatic N) is 1. The first-order valence-corrected chi connectivity index (χ1v) is 7.38. The molecule has 2 rings (SSSR count). The molecule has 2 atom stereocenters. The fraction of sp³-hybridized carbons (Fsp3) is 0.467. The van der Waals surface area contributed by atoms with E-state index in [1.165, 1.54) is 7.11 Å². The fourth-order valence-corrected chi connectivity index (χ4v) is 2.71. The third-order valence-electron chi connectivity index (χ3n) is 3.67. The zero-order chi connectivity index (χ0) is 15.6. The minimum absolute atomic E-state index is 0.103. The van der Waals surface area contributed by atoms with Crippen LogP contribution in [0.3, 0.4) is 0 Å². The predicted molar refractivity (Wildman–Crippen MR) is 81.8 cm³/mol. The molecule has 1 fully saturated rings. The van der Waals surface area contributed by atoms with Crippen molar-refractivity contribution >= 4 is 29.1 Å². The minimum atomic E-state index is -0.508. The van der Waals surface area contributed by atoms with Gasteiger partial charge in [-0.25, -0.2) is 0 Å². The van der Waals surface area contributed by atoms with E-state index < -0.39 is 12.1 Å². The van der Waals surface area contributed by atoms with E-state index in [-0.39, 0.29) is 11.8 Å². The summed E-state index contributed by atoms with van der Waals surface area (Å²) < 4.78 is 5.19. The molecule has 0 radical (unpaired) electrons. The molecular formula is C15H19ClN2O3. The second-order valence-corrected chi connectivity index (χ2v) is 5.33.